The number of phenols is 1. The average molecular weight is 533 g/mol. The van der Waals surface area contributed by atoms with Gasteiger partial charge >= 0.3 is 0 Å². The van der Waals surface area contributed by atoms with Crippen molar-refractivity contribution in [2.75, 3.05) is 53.0 Å². The lowest BCUT2D eigenvalue weighted by molar-refractivity contribution is 0.0952. The highest BCUT2D eigenvalue weighted by Crippen LogP contribution is 2.14. The highest BCUT2D eigenvalue weighted by atomic mass is 127. The number of hydrogen-bond acceptors (Lipinski definition) is 5. The third-order valence-electron chi connectivity index (χ3n) is 4.91. The third kappa shape index (κ3) is 9.48. The predicted octanol–water partition coefficient (Wildman–Crippen LogP) is 1.80. The summed E-state index contributed by atoms with van der Waals surface area (Å²) in [5.74, 6) is 0.469. The lowest BCUT2D eigenvalue weighted by atomic mass is 10.1. The molecule has 1 aliphatic rings. The van der Waals surface area contributed by atoms with E-state index in [9.17, 15) is 9.90 Å². The van der Waals surface area contributed by atoms with Crippen molar-refractivity contribution in [3.05, 3.63) is 29.8 Å². The fourth-order valence-corrected chi connectivity index (χ4v) is 3.34. The standard InChI is InChI=1S/C21H35N5O3.HI/c1-3-22-21(25-17-9-14-26(15-10-17)13-6-16-29-2)24-12-11-23-20(28)18-7-4-5-8-19(18)27;/h4-5,7-8,17,27H,3,6,9-16H2,1-2H3,(H,23,28)(H2,22,24,25);1H. The molecule has 0 aliphatic carbocycles. The number of nitrogens with one attached hydrogen (secondary N) is 3. The fourth-order valence-electron chi connectivity index (χ4n) is 3.34. The van der Waals surface area contributed by atoms with Crippen molar-refractivity contribution in [1.82, 2.24) is 20.9 Å². The van der Waals surface area contributed by atoms with Gasteiger partial charge in [0.15, 0.2) is 5.96 Å². The normalized spacial score (nSPS) is 15.3. The molecule has 0 spiro atoms. The number of para-hydroxylation sites is 1. The van der Waals surface area contributed by atoms with E-state index in [0.29, 0.717) is 19.1 Å². The van der Waals surface area contributed by atoms with Gasteiger partial charge in [-0.1, -0.05) is 12.1 Å². The van der Waals surface area contributed by atoms with Crippen molar-refractivity contribution in [2.24, 2.45) is 4.99 Å². The van der Waals surface area contributed by atoms with E-state index in [-0.39, 0.29) is 41.2 Å². The lowest BCUT2D eigenvalue weighted by Gasteiger charge is -2.33. The van der Waals surface area contributed by atoms with Gasteiger partial charge in [0, 0.05) is 52.5 Å². The van der Waals surface area contributed by atoms with Gasteiger partial charge in [0.25, 0.3) is 5.91 Å². The Bertz CT molecular complexity index is 651. The number of aromatic hydroxyl groups is 1. The summed E-state index contributed by atoms with van der Waals surface area (Å²) in [4.78, 5) is 19.2. The first kappa shape index (κ1) is 26.4. The molecule has 30 heavy (non-hydrogen) atoms. The zero-order valence-corrected chi connectivity index (χ0v) is 20.4. The minimum Gasteiger partial charge on any atom is -0.507 e. The summed E-state index contributed by atoms with van der Waals surface area (Å²) in [6.45, 7) is 7.75. The molecule has 0 unspecified atom stereocenters. The summed E-state index contributed by atoms with van der Waals surface area (Å²) in [5.41, 5.74) is 0.277. The molecule has 0 radical (unpaired) electrons. The van der Waals surface area contributed by atoms with Crippen molar-refractivity contribution in [1.29, 1.82) is 0 Å². The summed E-state index contributed by atoms with van der Waals surface area (Å²) >= 11 is 0. The molecule has 8 nitrogen and oxygen atoms in total. The molecule has 1 fully saturated rings. The maximum absolute atomic E-state index is 12.1. The molecular formula is C21H36IN5O3. The third-order valence-corrected chi connectivity index (χ3v) is 4.91. The van der Waals surface area contributed by atoms with Gasteiger partial charge < -0.3 is 30.7 Å². The first-order valence-electron chi connectivity index (χ1n) is 10.5. The largest absolute Gasteiger partial charge is 0.507 e. The molecule has 1 aromatic rings. The Morgan fingerprint density at radius 3 is 2.67 bits per heavy atom. The zero-order valence-electron chi connectivity index (χ0n) is 18.0. The highest BCUT2D eigenvalue weighted by molar-refractivity contribution is 14.0. The number of aliphatic imine (C=N–C) groups is 1. The van der Waals surface area contributed by atoms with Crippen LogP contribution >= 0.6 is 24.0 Å². The molecule has 0 aromatic heterocycles. The number of ether oxygens (including phenoxy) is 1. The topological polar surface area (TPSA) is 98.2 Å². The number of hydrogen-bond donors (Lipinski definition) is 4. The Balaban J connectivity index is 0.00000450. The maximum Gasteiger partial charge on any atom is 0.255 e. The summed E-state index contributed by atoms with van der Waals surface area (Å²) in [6, 6.07) is 6.92. The molecule has 1 amide bonds. The van der Waals surface area contributed by atoms with Crippen LogP contribution < -0.4 is 16.0 Å². The Morgan fingerprint density at radius 2 is 2.00 bits per heavy atom. The molecule has 4 N–H and O–H groups in total. The van der Waals surface area contributed by atoms with Crippen LogP contribution in [0.4, 0.5) is 0 Å². The van der Waals surface area contributed by atoms with Gasteiger partial charge in [-0.05, 0) is 38.3 Å². The van der Waals surface area contributed by atoms with Crippen molar-refractivity contribution < 1.29 is 14.6 Å². The zero-order chi connectivity index (χ0) is 20.9. The van der Waals surface area contributed by atoms with Crippen LogP contribution in [0.5, 0.6) is 5.75 Å². The number of piperidine rings is 1. The SMILES string of the molecule is CCNC(=NCCNC(=O)c1ccccc1O)NC1CCN(CCCOC)CC1.I. The van der Waals surface area contributed by atoms with E-state index in [1.165, 1.54) is 6.07 Å². The van der Waals surface area contributed by atoms with Crippen LogP contribution in [0.2, 0.25) is 0 Å². The second kappa shape index (κ2) is 15.2. The van der Waals surface area contributed by atoms with E-state index in [4.69, 9.17) is 4.74 Å². The number of likely N-dealkylation sites (tertiary alicyclic amines) is 1. The number of rotatable bonds is 10. The van der Waals surface area contributed by atoms with Gasteiger partial charge in [-0.25, -0.2) is 0 Å². The summed E-state index contributed by atoms with van der Waals surface area (Å²) in [5, 5.41) is 19.3. The average Bonchev–Trinajstić information content (AvgIpc) is 2.73. The Hall–Kier alpha value is -1.59. The number of carbonyl (C=O) groups is 1. The van der Waals surface area contributed by atoms with Gasteiger partial charge in [-0.15, -0.1) is 24.0 Å². The fraction of sp³-hybridized carbons (Fsp3) is 0.619. The smallest absolute Gasteiger partial charge is 0.255 e. The number of amides is 1. The van der Waals surface area contributed by atoms with E-state index in [0.717, 1.165) is 58.0 Å². The van der Waals surface area contributed by atoms with E-state index in [1.807, 2.05) is 6.92 Å². The van der Waals surface area contributed by atoms with Crippen LogP contribution in [-0.4, -0.2) is 80.9 Å². The number of halogens is 1. The minimum atomic E-state index is -0.294. The number of carbonyl (C=O) groups excluding carboxylic acids is 1. The van der Waals surface area contributed by atoms with Gasteiger partial charge in [-0.2, -0.15) is 0 Å². The first-order chi connectivity index (χ1) is 14.1. The van der Waals surface area contributed by atoms with E-state index in [2.05, 4.69) is 25.8 Å². The molecule has 1 saturated heterocycles. The van der Waals surface area contributed by atoms with Gasteiger partial charge in [0.2, 0.25) is 0 Å². The van der Waals surface area contributed by atoms with Crippen LogP contribution in [-0.2, 0) is 4.74 Å². The highest BCUT2D eigenvalue weighted by Gasteiger charge is 2.19. The number of benzene rings is 1. The minimum absolute atomic E-state index is 0. The van der Waals surface area contributed by atoms with Crippen molar-refractivity contribution >= 4 is 35.8 Å². The van der Waals surface area contributed by atoms with Gasteiger partial charge in [0.1, 0.15) is 5.75 Å². The van der Waals surface area contributed by atoms with Crippen molar-refractivity contribution in [3.8, 4) is 5.75 Å². The predicted molar refractivity (Wildman–Crippen MR) is 131 cm³/mol. The van der Waals surface area contributed by atoms with Crippen LogP contribution in [0.1, 0.15) is 36.5 Å². The van der Waals surface area contributed by atoms with Crippen LogP contribution in [0, 0.1) is 0 Å². The number of phenolic OH excluding ortho intramolecular Hbond substituents is 1. The molecule has 0 bridgehead atoms. The Kier molecular flexibility index (Phi) is 13.4. The lowest BCUT2D eigenvalue weighted by Crippen LogP contribution is -2.49. The molecule has 1 heterocycles. The van der Waals surface area contributed by atoms with Crippen molar-refractivity contribution in [3.63, 3.8) is 0 Å². The van der Waals surface area contributed by atoms with E-state index >= 15 is 0 Å². The first-order valence-corrected chi connectivity index (χ1v) is 10.5. The number of guanidine groups is 1. The van der Waals surface area contributed by atoms with Crippen LogP contribution in [0.15, 0.2) is 29.3 Å². The molecule has 170 valence electrons. The molecule has 9 heteroatoms. The molecule has 2 rings (SSSR count). The van der Waals surface area contributed by atoms with E-state index < -0.39 is 0 Å². The Labute approximate surface area is 196 Å². The molecular weight excluding hydrogens is 497 g/mol. The maximum atomic E-state index is 12.1. The molecule has 0 atom stereocenters. The van der Waals surface area contributed by atoms with Gasteiger partial charge in [0.05, 0.1) is 12.1 Å². The quantitative estimate of drug-likeness (QED) is 0.159. The summed E-state index contributed by atoms with van der Waals surface area (Å²) in [6.07, 6.45) is 3.24. The summed E-state index contributed by atoms with van der Waals surface area (Å²) < 4.78 is 5.12. The van der Waals surface area contributed by atoms with E-state index in [1.54, 1.807) is 25.3 Å². The second-order valence-electron chi connectivity index (χ2n) is 7.14. The van der Waals surface area contributed by atoms with Gasteiger partial charge in [-0.3, -0.25) is 9.79 Å². The summed E-state index contributed by atoms with van der Waals surface area (Å²) in [7, 11) is 1.74. The van der Waals surface area contributed by atoms with Crippen molar-refractivity contribution in [2.45, 2.75) is 32.2 Å². The number of nitrogens with zero attached hydrogens (tertiary/aromatic N) is 2. The van der Waals surface area contributed by atoms with Crippen LogP contribution in [0.25, 0.3) is 0 Å². The molecule has 0 saturated carbocycles. The molecule has 1 aliphatic heterocycles. The molecule has 1 aromatic carbocycles. The number of methoxy groups -OCH3 is 1. The van der Waals surface area contributed by atoms with Crippen LogP contribution in [0.3, 0.4) is 0 Å². The second-order valence-corrected chi connectivity index (χ2v) is 7.14. The monoisotopic (exact) mass is 533 g/mol. The Morgan fingerprint density at radius 1 is 1.27 bits per heavy atom.